The maximum atomic E-state index is 12.3. The van der Waals surface area contributed by atoms with E-state index >= 15 is 0 Å². The van der Waals surface area contributed by atoms with E-state index in [1.165, 1.54) is 0 Å². The molecule has 0 bridgehead atoms. The molecule has 0 saturated carbocycles. The van der Waals surface area contributed by atoms with Crippen LogP contribution in [0.15, 0.2) is 36.4 Å². The summed E-state index contributed by atoms with van der Waals surface area (Å²) >= 11 is 0. The van der Waals surface area contributed by atoms with Crippen LogP contribution in [0.25, 0.3) is 11.3 Å². The summed E-state index contributed by atoms with van der Waals surface area (Å²) in [5.41, 5.74) is 10.9. The van der Waals surface area contributed by atoms with Crippen molar-refractivity contribution in [3.8, 4) is 17.0 Å². The Bertz CT molecular complexity index is 1420. The van der Waals surface area contributed by atoms with Crippen LogP contribution in [0.5, 0.6) is 5.75 Å². The van der Waals surface area contributed by atoms with Gasteiger partial charge in [-0.1, -0.05) is 6.07 Å². The van der Waals surface area contributed by atoms with Gasteiger partial charge in [0.15, 0.2) is 5.60 Å². The number of hydrogen-bond donors (Lipinski definition) is 4. The van der Waals surface area contributed by atoms with Gasteiger partial charge in [0, 0.05) is 23.2 Å². The molecule has 6 rings (SSSR count). The fraction of sp³-hybridized carbons (Fsp3) is 0.280. The van der Waals surface area contributed by atoms with E-state index in [-0.39, 0.29) is 18.1 Å². The summed E-state index contributed by atoms with van der Waals surface area (Å²) in [6, 6.07) is 11.3. The van der Waals surface area contributed by atoms with Gasteiger partial charge in [0.2, 0.25) is 5.95 Å². The van der Waals surface area contributed by atoms with Crippen molar-refractivity contribution in [3.63, 3.8) is 0 Å². The summed E-state index contributed by atoms with van der Waals surface area (Å²) in [4.78, 5) is 33.1. The van der Waals surface area contributed by atoms with Gasteiger partial charge in [0.25, 0.3) is 5.91 Å². The molecule has 3 aromatic rings. The monoisotopic (exact) mass is 472 g/mol. The largest absolute Gasteiger partial charge is 0.476 e. The highest BCUT2D eigenvalue weighted by atomic mass is 16.6. The lowest BCUT2D eigenvalue weighted by Crippen LogP contribution is -2.45. The molecule has 2 atom stereocenters. The molecule has 0 unspecified atom stereocenters. The fourth-order valence-corrected chi connectivity index (χ4v) is 4.72. The van der Waals surface area contributed by atoms with Crippen molar-refractivity contribution in [2.45, 2.75) is 44.9 Å². The Morgan fingerprint density at radius 3 is 2.80 bits per heavy atom. The number of ether oxygens (including phenoxy) is 2. The van der Waals surface area contributed by atoms with Crippen LogP contribution in [-0.4, -0.2) is 33.7 Å². The molecule has 3 heterocycles. The van der Waals surface area contributed by atoms with Crippen LogP contribution in [0.4, 0.5) is 27.9 Å². The molecule has 2 aliphatic heterocycles. The average molecular weight is 473 g/mol. The maximum Gasteiger partial charge on any atom is 0.408 e. The number of nitrogens with zero attached hydrogens (tertiary/aromatic N) is 2. The number of aromatic nitrogens is 2. The standard InChI is InChI=1S/C25H24N6O4/c1-11-19(13-5-7-17-16(8-13)28-22(32)25(2,3)35-17)29-23(31-21(11)26)27-14-6-4-12-9-18-20(15(12)10-14)30-24(33)34-18/h4-8,10,18,20H,9H2,1-3H3,(H,28,32)(H,30,33)(H3,26,27,29,31)/t18-,20+/m0/s1. The van der Waals surface area contributed by atoms with Crippen LogP contribution in [0.1, 0.15) is 36.6 Å². The number of carbonyl (C=O) groups is 2. The third-order valence-electron chi connectivity index (χ3n) is 6.66. The van der Waals surface area contributed by atoms with Crippen molar-refractivity contribution < 1.29 is 19.1 Å². The zero-order chi connectivity index (χ0) is 24.5. The van der Waals surface area contributed by atoms with E-state index in [0.717, 1.165) is 27.9 Å². The summed E-state index contributed by atoms with van der Waals surface area (Å²) in [5.74, 6) is 1.06. The molecule has 35 heavy (non-hydrogen) atoms. The van der Waals surface area contributed by atoms with Crippen molar-refractivity contribution in [1.82, 2.24) is 15.3 Å². The number of nitrogen functional groups attached to an aromatic ring is 1. The van der Waals surface area contributed by atoms with E-state index < -0.39 is 11.7 Å². The minimum absolute atomic E-state index is 0.156. The van der Waals surface area contributed by atoms with Crippen molar-refractivity contribution in [2.75, 3.05) is 16.4 Å². The number of nitrogens with two attached hydrogens (primary N) is 1. The van der Waals surface area contributed by atoms with E-state index in [1.54, 1.807) is 13.8 Å². The van der Waals surface area contributed by atoms with Crippen molar-refractivity contribution in [2.24, 2.45) is 0 Å². The van der Waals surface area contributed by atoms with Gasteiger partial charge in [0.05, 0.1) is 17.4 Å². The Morgan fingerprint density at radius 2 is 1.97 bits per heavy atom. The molecule has 1 aromatic heterocycles. The molecule has 3 aliphatic rings. The van der Waals surface area contributed by atoms with Gasteiger partial charge in [-0.2, -0.15) is 4.98 Å². The Balaban J connectivity index is 1.32. The molecule has 0 spiro atoms. The number of fused-ring (bicyclic) bond motifs is 4. The summed E-state index contributed by atoms with van der Waals surface area (Å²) in [6.07, 6.45) is 0.121. The van der Waals surface area contributed by atoms with Crippen LogP contribution in [0.3, 0.4) is 0 Å². The second kappa shape index (κ2) is 7.33. The second-order valence-electron chi connectivity index (χ2n) is 9.49. The third kappa shape index (κ3) is 3.49. The number of hydrogen-bond acceptors (Lipinski definition) is 8. The first-order chi connectivity index (χ1) is 16.7. The third-order valence-corrected chi connectivity index (χ3v) is 6.66. The molecule has 178 valence electrons. The summed E-state index contributed by atoms with van der Waals surface area (Å²) in [5, 5.41) is 9.00. The molecule has 2 aromatic carbocycles. The van der Waals surface area contributed by atoms with Crippen molar-refractivity contribution in [1.29, 1.82) is 0 Å². The van der Waals surface area contributed by atoms with Gasteiger partial charge in [-0.15, -0.1) is 0 Å². The van der Waals surface area contributed by atoms with Crippen LogP contribution < -0.4 is 26.4 Å². The molecule has 1 fully saturated rings. The minimum atomic E-state index is -0.940. The zero-order valence-electron chi connectivity index (χ0n) is 19.4. The second-order valence-corrected chi connectivity index (χ2v) is 9.49. The molecule has 10 heteroatoms. The van der Waals surface area contributed by atoms with Crippen LogP contribution in [0.2, 0.25) is 0 Å². The molecule has 2 amide bonds. The molecular weight excluding hydrogens is 448 g/mol. The van der Waals surface area contributed by atoms with Crippen LogP contribution in [-0.2, 0) is 16.0 Å². The maximum absolute atomic E-state index is 12.3. The molecule has 10 nitrogen and oxygen atoms in total. The highest BCUT2D eigenvalue weighted by molar-refractivity contribution is 6.00. The number of carbonyl (C=O) groups excluding carboxylic acids is 2. The molecule has 1 saturated heterocycles. The minimum Gasteiger partial charge on any atom is -0.476 e. The van der Waals surface area contributed by atoms with Gasteiger partial charge in [0.1, 0.15) is 17.7 Å². The predicted molar refractivity (Wildman–Crippen MR) is 130 cm³/mol. The summed E-state index contributed by atoms with van der Waals surface area (Å²) in [7, 11) is 0. The highest BCUT2D eigenvalue weighted by Gasteiger charge is 2.41. The summed E-state index contributed by atoms with van der Waals surface area (Å²) in [6.45, 7) is 5.29. The SMILES string of the molecule is Cc1c(N)nc(Nc2ccc3c(c2)[C@H]2NC(=O)O[C@H]2C3)nc1-c1ccc2c(c1)NC(=O)C(C)(C)O2. The number of nitrogens with one attached hydrogen (secondary N) is 3. The topological polar surface area (TPSA) is 140 Å². The number of amides is 2. The van der Waals surface area contributed by atoms with Gasteiger partial charge in [-0.05, 0) is 62.2 Å². The number of alkyl carbamates (subject to hydrolysis) is 1. The van der Waals surface area contributed by atoms with Crippen LogP contribution in [0, 0.1) is 6.92 Å². The lowest BCUT2D eigenvalue weighted by molar-refractivity contribution is -0.129. The van der Waals surface area contributed by atoms with Crippen molar-refractivity contribution >= 4 is 35.1 Å². The number of rotatable bonds is 3. The number of benzene rings is 2. The van der Waals surface area contributed by atoms with E-state index in [4.69, 9.17) is 20.2 Å². The van der Waals surface area contributed by atoms with Gasteiger partial charge < -0.3 is 31.2 Å². The van der Waals surface area contributed by atoms with E-state index in [2.05, 4.69) is 20.9 Å². The summed E-state index contributed by atoms with van der Waals surface area (Å²) < 4.78 is 11.2. The van der Waals surface area contributed by atoms with E-state index in [0.29, 0.717) is 35.3 Å². The van der Waals surface area contributed by atoms with Gasteiger partial charge in [-0.3, -0.25) is 4.79 Å². The fourth-order valence-electron chi connectivity index (χ4n) is 4.72. The Morgan fingerprint density at radius 1 is 1.14 bits per heavy atom. The van der Waals surface area contributed by atoms with E-state index in [9.17, 15) is 9.59 Å². The number of anilines is 4. The first-order valence-electron chi connectivity index (χ1n) is 11.3. The Kier molecular flexibility index (Phi) is 4.44. The molecule has 0 radical (unpaired) electrons. The lowest BCUT2D eigenvalue weighted by Gasteiger charge is -2.31. The predicted octanol–water partition coefficient (Wildman–Crippen LogP) is 3.59. The Labute approximate surface area is 201 Å². The highest BCUT2D eigenvalue weighted by Crippen LogP contribution is 2.40. The average Bonchev–Trinajstić information content (AvgIpc) is 3.32. The molecule has 5 N–H and O–H groups in total. The quantitative estimate of drug-likeness (QED) is 0.453. The Hall–Kier alpha value is -4.34. The first-order valence-corrected chi connectivity index (χ1v) is 11.3. The normalized spacial score (nSPS) is 21.1. The molecule has 1 aliphatic carbocycles. The van der Waals surface area contributed by atoms with E-state index in [1.807, 2.05) is 43.3 Å². The van der Waals surface area contributed by atoms with Crippen LogP contribution >= 0.6 is 0 Å². The van der Waals surface area contributed by atoms with Crippen molar-refractivity contribution in [3.05, 3.63) is 53.1 Å². The van der Waals surface area contributed by atoms with Gasteiger partial charge >= 0.3 is 6.09 Å². The zero-order valence-corrected chi connectivity index (χ0v) is 19.4. The lowest BCUT2D eigenvalue weighted by atomic mass is 10.0. The molecular formula is C25H24N6O4. The smallest absolute Gasteiger partial charge is 0.408 e. The first kappa shape index (κ1) is 21.2. The van der Waals surface area contributed by atoms with Gasteiger partial charge in [-0.25, -0.2) is 9.78 Å².